The molecular formula is C9H14ClN3O2. The maximum Gasteiger partial charge on any atom is 0.329 e. The number of halogens is 1. The van der Waals surface area contributed by atoms with E-state index >= 15 is 0 Å². The molecule has 0 atom stereocenters. The number of nitrogens with zero attached hydrogens (tertiary/aromatic N) is 3. The molecule has 0 bridgehead atoms. The quantitative estimate of drug-likeness (QED) is 0.591. The standard InChI is InChI=1S/C9H14ClN3O2/c1-4-7-8(13(14)15)9(10)12(11-7)5-6(2)3/h6H,4-5H2,1-3H3. The van der Waals surface area contributed by atoms with Gasteiger partial charge in [-0.2, -0.15) is 5.10 Å². The van der Waals surface area contributed by atoms with Gasteiger partial charge in [-0.15, -0.1) is 0 Å². The van der Waals surface area contributed by atoms with Gasteiger partial charge in [-0.1, -0.05) is 32.4 Å². The molecule has 15 heavy (non-hydrogen) atoms. The lowest BCUT2D eigenvalue weighted by Gasteiger charge is -2.04. The van der Waals surface area contributed by atoms with Crippen molar-refractivity contribution in [2.24, 2.45) is 5.92 Å². The van der Waals surface area contributed by atoms with Crippen LogP contribution in [0.1, 0.15) is 26.5 Å². The second-order valence-corrected chi connectivity index (χ2v) is 4.13. The van der Waals surface area contributed by atoms with E-state index < -0.39 is 4.92 Å². The molecular weight excluding hydrogens is 218 g/mol. The summed E-state index contributed by atoms with van der Waals surface area (Å²) in [7, 11) is 0. The molecule has 0 saturated heterocycles. The Morgan fingerprint density at radius 2 is 2.20 bits per heavy atom. The van der Waals surface area contributed by atoms with Gasteiger partial charge in [-0.25, -0.2) is 4.68 Å². The molecule has 1 aromatic heterocycles. The molecule has 0 amide bonds. The molecule has 0 aliphatic heterocycles. The lowest BCUT2D eigenvalue weighted by Crippen LogP contribution is -2.06. The first-order valence-corrected chi connectivity index (χ1v) is 5.24. The maximum atomic E-state index is 10.8. The van der Waals surface area contributed by atoms with Crippen molar-refractivity contribution in [1.82, 2.24) is 9.78 Å². The van der Waals surface area contributed by atoms with Gasteiger partial charge < -0.3 is 0 Å². The Kier molecular flexibility index (Phi) is 3.68. The minimum atomic E-state index is -0.467. The van der Waals surface area contributed by atoms with Gasteiger partial charge in [0.05, 0.1) is 4.92 Å². The highest BCUT2D eigenvalue weighted by Crippen LogP contribution is 2.29. The first-order chi connectivity index (χ1) is 6.97. The Morgan fingerprint density at radius 1 is 1.60 bits per heavy atom. The fraction of sp³-hybridized carbons (Fsp3) is 0.667. The molecule has 0 aliphatic carbocycles. The Balaban J connectivity index is 3.16. The molecule has 0 saturated carbocycles. The van der Waals surface area contributed by atoms with Gasteiger partial charge in [-0.05, 0) is 12.3 Å². The number of aryl methyl sites for hydroxylation is 1. The molecule has 1 aromatic rings. The molecule has 0 spiro atoms. The van der Waals surface area contributed by atoms with Crippen LogP contribution < -0.4 is 0 Å². The van der Waals surface area contributed by atoms with Gasteiger partial charge in [0, 0.05) is 6.54 Å². The lowest BCUT2D eigenvalue weighted by atomic mass is 10.2. The van der Waals surface area contributed by atoms with Crippen LogP contribution in [0.2, 0.25) is 5.15 Å². The summed E-state index contributed by atoms with van der Waals surface area (Å²) in [6.07, 6.45) is 0.515. The van der Waals surface area contributed by atoms with Crippen LogP contribution in [0.5, 0.6) is 0 Å². The van der Waals surface area contributed by atoms with Crippen LogP contribution in [0, 0.1) is 16.0 Å². The highest BCUT2D eigenvalue weighted by atomic mass is 35.5. The number of hydrogen-bond acceptors (Lipinski definition) is 3. The molecule has 0 aromatic carbocycles. The van der Waals surface area contributed by atoms with Gasteiger partial charge in [0.15, 0.2) is 0 Å². The van der Waals surface area contributed by atoms with E-state index in [1.54, 1.807) is 0 Å². The molecule has 1 heterocycles. The zero-order valence-electron chi connectivity index (χ0n) is 9.03. The van der Waals surface area contributed by atoms with Crippen LogP contribution in [-0.4, -0.2) is 14.7 Å². The molecule has 1 rings (SSSR count). The molecule has 0 N–H and O–H groups in total. The van der Waals surface area contributed by atoms with E-state index in [1.165, 1.54) is 4.68 Å². The summed E-state index contributed by atoms with van der Waals surface area (Å²) in [4.78, 5) is 10.3. The van der Waals surface area contributed by atoms with Gasteiger partial charge in [-0.3, -0.25) is 10.1 Å². The van der Waals surface area contributed by atoms with Crippen molar-refractivity contribution in [3.05, 3.63) is 21.0 Å². The Labute approximate surface area is 93.2 Å². The molecule has 6 heteroatoms. The average molecular weight is 232 g/mol. The summed E-state index contributed by atoms with van der Waals surface area (Å²) in [5.74, 6) is 0.353. The summed E-state index contributed by atoms with van der Waals surface area (Å²) in [6.45, 7) is 6.44. The third-order valence-electron chi connectivity index (χ3n) is 1.99. The van der Waals surface area contributed by atoms with Crippen LogP contribution in [0.15, 0.2) is 0 Å². The predicted molar refractivity (Wildman–Crippen MR) is 58.1 cm³/mol. The minimum absolute atomic E-state index is 0.0557. The SMILES string of the molecule is CCc1nn(CC(C)C)c(Cl)c1[N+](=O)[O-]. The molecule has 0 fully saturated rings. The van der Waals surface area contributed by atoms with E-state index in [0.717, 1.165) is 0 Å². The van der Waals surface area contributed by atoms with Crippen LogP contribution in [0.4, 0.5) is 5.69 Å². The fourth-order valence-corrected chi connectivity index (χ4v) is 1.65. The smallest absolute Gasteiger partial charge is 0.258 e. The van der Waals surface area contributed by atoms with Crippen LogP contribution >= 0.6 is 11.6 Å². The molecule has 0 radical (unpaired) electrons. The summed E-state index contributed by atoms with van der Waals surface area (Å²) in [5.41, 5.74) is 0.394. The number of hydrogen-bond donors (Lipinski definition) is 0. The van der Waals surface area contributed by atoms with Crippen LogP contribution in [-0.2, 0) is 13.0 Å². The first-order valence-electron chi connectivity index (χ1n) is 4.86. The van der Waals surface area contributed by atoms with Crippen molar-refractivity contribution in [1.29, 1.82) is 0 Å². The van der Waals surface area contributed by atoms with E-state index in [-0.39, 0.29) is 10.8 Å². The van der Waals surface area contributed by atoms with Gasteiger partial charge in [0.1, 0.15) is 5.69 Å². The van der Waals surface area contributed by atoms with E-state index in [1.807, 2.05) is 20.8 Å². The minimum Gasteiger partial charge on any atom is -0.258 e. The van der Waals surface area contributed by atoms with E-state index in [0.29, 0.717) is 24.6 Å². The first kappa shape index (κ1) is 12.0. The number of aromatic nitrogens is 2. The Morgan fingerprint density at radius 3 is 2.53 bits per heavy atom. The second-order valence-electron chi connectivity index (χ2n) is 3.77. The largest absolute Gasteiger partial charge is 0.329 e. The summed E-state index contributed by atoms with van der Waals surface area (Å²) in [6, 6.07) is 0. The Hall–Kier alpha value is -1.10. The summed E-state index contributed by atoms with van der Waals surface area (Å²) >= 11 is 5.91. The predicted octanol–water partition coefficient (Wildman–Crippen LogP) is 2.66. The van der Waals surface area contributed by atoms with Gasteiger partial charge in [0.25, 0.3) is 0 Å². The van der Waals surface area contributed by atoms with Gasteiger partial charge >= 0.3 is 5.69 Å². The monoisotopic (exact) mass is 231 g/mol. The van der Waals surface area contributed by atoms with Crippen molar-refractivity contribution < 1.29 is 4.92 Å². The third kappa shape index (κ3) is 2.47. The molecule has 0 unspecified atom stereocenters. The summed E-state index contributed by atoms with van der Waals surface area (Å²) in [5, 5.41) is 15.0. The van der Waals surface area contributed by atoms with Crippen LogP contribution in [0.3, 0.4) is 0 Å². The van der Waals surface area contributed by atoms with Crippen molar-refractivity contribution in [3.8, 4) is 0 Å². The normalized spacial score (nSPS) is 11.0. The topological polar surface area (TPSA) is 61.0 Å². The van der Waals surface area contributed by atoms with E-state index in [9.17, 15) is 10.1 Å². The zero-order valence-corrected chi connectivity index (χ0v) is 9.78. The molecule has 0 aliphatic rings. The molecule has 5 nitrogen and oxygen atoms in total. The average Bonchev–Trinajstić information content (AvgIpc) is 2.42. The van der Waals surface area contributed by atoms with Crippen molar-refractivity contribution in [2.45, 2.75) is 33.7 Å². The zero-order chi connectivity index (χ0) is 11.6. The summed E-state index contributed by atoms with van der Waals surface area (Å²) < 4.78 is 1.50. The van der Waals surface area contributed by atoms with Crippen molar-refractivity contribution >= 4 is 17.3 Å². The van der Waals surface area contributed by atoms with E-state index in [2.05, 4.69) is 5.10 Å². The van der Waals surface area contributed by atoms with Crippen molar-refractivity contribution in [3.63, 3.8) is 0 Å². The Bertz CT molecular complexity index is 374. The highest BCUT2D eigenvalue weighted by Gasteiger charge is 2.25. The number of nitro groups is 1. The lowest BCUT2D eigenvalue weighted by molar-refractivity contribution is -0.385. The third-order valence-corrected chi connectivity index (χ3v) is 2.37. The van der Waals surface area contributed by atoms with Crippen LogP contribution in [0.25, 0.3) is 0 Å². The van der Waals surface area contributed by atoms with Gasteiger partial charge in [0.2, 0.25) is 5.15 Å². The molecule has 84 valence electrons. The fourth-order valence-electron chi connectivity index (χ4n) is 1.36. The number of rotatable bonds is 4. The second kappa shape index (κ2) is 4.61. The maximum absolute atomic E-state index is 10.8. The van der Waals surface area contributed by atoms with Crippen molar-refractivity contribution in [2.75, 3.05) is 0 Å². The van der Waals surface area contributed by atoms with E-state index in [4.69, 9.17) is 11.6 Å². The highest BCUT2D eigenvalue weighted by molar-refractivity contribution is 6.31.